The predicted molar refractivity (Wildman–Crippen MR) is 98.5 cm³/mol. The first-order valence-corrected chi connectivity index (χ1v) is 7.45. The maximum absolute atomic E-state index is 11.1. The number of nitro groups is 2. The van der Waals surface area contributed by atoms with E-state index in [4.69, 9.17) is 4.74 Å². The summed E-state index contributed by atoms with van der Waals surface area (Å²) in [6, 6.07) is 10.7. The molecule has 2 aromatic carbocycles. The van der Waals surface area contributed by atoms with Crippen molar-refractivity contribution in [1.29, 1.82) is 0 Å². The number of hydrogen-bond acceptors (Lipinski definition) is 7. The molecular formula is C17H16N4O5. The zero-order valence-electron chi connectivity index (χ0n) is 14.1. The van der Waals surface area contributed by atoms with Crippen molar-refractivity contribution in [2.75, 3.05) is 12.5 Å². The summed E-state index contributed by atoms with van der Waals surface area (Å²) in [4.78, 5) is 20.4. The Hall–Kier alpha value is -3.75. The van der Waals surface area contributed by atoms with Crippen LogP contribution in [0.25, 0.3) is 6.08 Å². The summed E-state index contributed by atoms with van der Waals surface area (Å²) >= 11 is 0. The second-order valence-electron chi connectivity index (χ2n) is 5.25. The number of nitro benzene ring substituents is 2. The number of ether oxygens (including phenoxy) is 1. The van der Waals surface area contributed by atoms with Crippen LogP contribution in [0.2, 0.25) is 0 Å². The lowest BCUT2D eigenvalue weighted by molar-refractivity contribution is -0.393. The monoisotopic (exact) mass is 356 g/mol. The van der Waals surface area contributed by atoms with Gasteiger partial charge in [-0.1, -0.05) is 18.2 Å². The highest BCUT2D eigenvalue weighted by Gasteiger charge is 2.18. The highest BCUT2D eigenvalue weighted by Crippen LogP contribution is 2.28. The van der Waals surface area contributed by atoms with E-state index in [9.17, 15) is 20.2 Å². The Labute approximate surface area is 148 Å². The van der Waals surface area contributed by atoms with Crippen molar-refractivity contribution in [1.82, 2.24) is 0 Å². The maximum atomic E-state index is 11.1. The smallest absolute Gasteiger partial charge is 0.301 e. The normalized spacial score (nSPS) is 11.4. The number of hydrazone groups is 1. The van der Waals surface area contributed by atoms with Gasteiger partial charge in [-0.05, 0) is 36.3 Å². The summed E-state index contributed by atoms with van der Waals surface area (Å²) in [6.07, 6.45) is 3.37. The minimum absolute atomic E-state index is 0.0640. The van der Waals surface area contributed by atoms with E-state index >= 15 is 0 Å². The Kier molecular flexibility index (Phi) is 5.99. The van der Waals surface area contributed by atoms with Crippen LogP contribution >= 0.6 is 0 Å². The molecule has 0 aliphatic carbocycles. The topological polar surface area (TPSA) is 120 Å². The molecule has 26 heavy (non-hydrogen) atoms. The van der Waals surface area contributed by atoms with Crippen molar-refractivity contribution in [3.05, 3.63) is 73.8 Å². The summed E-state index contributed by atoms with van der Waals surface area (Å²) < 4.78 is 5.09. The van der Waals surface area contributed by atoms with Gasteiger partial charge in [-0.25, -0.2) is 0 Å². The van der Waals surface area contributed by atoms with Gasteiger partial charge in [0.2, 0.25) is 0 Å². The minimum atomic E-state index is -0.703. The molecule has 0 bridgehead atoms. The molecule has 1 N–H and O–H groups in total. The molecule has 0 aromatic heterocycles. The third kappa shape index (κ3) is 4.87. The van der Waals surface area contributed by atoms with E-state index < -0.39 is 15.5 Å². The molecule has 0 fully saturated rings. The number of allylic oxidation sites excluding steroid dienone is 1. The first kappa shape index (κ1) is 18.6. The van der Waals surface area contributed by atoms with Crippen LogP contribution in [0.3, 0.4) is 0 Å². The molecule has 0 radical (unpaired) electrons. The Balaban J connectivity index is 2.12. The van der Waals surface area contributed by atoms with E-state index in [1.807, 2.05) is 37.3 Å². The van der Waals surface area contributed by atoms with Gasteiger partial charge in [-0.15, -0.1) is 0 Å². The quantitative estimate of drug-likeness (QED) is 0.454. The van der Waals surface area contributed by atoms with E-state index in [1.165, 1.54) is 18.3 Å². The summed E-state index contributed by atoms with van der Waals surface area (Å²) in [5.41, 5.74) is 3.56. The fraction of sp³-hybridized carbons (Fsp3) is 0.118. The maximum Gasteiger partial charge on any atom is 0.301 e. The Morgan fingerprint density at radius 2 is 1.81 bits per heavy atom. The molecule has 0 spiro atoms. The number of anilines is 1. The van der Waals surface area contributed by atoms with Crippen LogP contribution in [0.15, 0.2) is 53.1 Å². The molecular weight excluding hydrogens is 340 g/mol. The molecule has 0 amide bonds. The Morgan fingerprint density at radius 3 is 2.38 bits per heavy atom. The molecule has 0 atom stereocenters. The van der Waals surface area contributed by atoms with Gasteiger partial charge in [-0.2, -0.15) is 5.10 Å². The van der Waals surface area contributed by atoms with E-state index in [0.29, 0.717) is 0 Å². The number of non-ortho nitro benzene ring substituents is 1. The third-order valence-electron chi connectivity index (χ3n) is 3.35. The summed E-state index contributed by atoms with van der Waals surface area (Å²) in [7, 11) is 1.59. The Bertz CT molecular complexity index is 875. The van der Waals surface area contributed by atoms with Crippen LogP contribution in [0.4, 0.5) is 17.1 Å². The van der Waals surface area contributed by atoms with E-state index in [2.05, 4.69) is 10.5 Å². The standard InChI is InChI=1S/C17H16N4O5/c1-12(9-13-3-6-15(26-2)7-4-13)11-18-19-16-8-5-14(20(22)23)10-17(16)21(24)25/h3-11,19H,1-2H3/b12-9+,18-11+. The van der Waals surface area contributed by atoms with Crippen LogP contribution in [-0.2, 0) is 0 Å². The van der Waals surface area contributed by atoms with Crippen molar-refractivity contribution in [3.8, 4) is 5.75 Å². The molecule has 9 nitrogen and oxygen atoms in total. The van der Waals surface area contributed by atoms with Crippen LogP contribution in [-0.4, -0.2) is 23.2 Å². The lowest BCUT2D eigenvalue weighted by Gasteiger charge is -2.02. The van der Waals surface area contributed by atoms with Gasteiger partial charge in [0, 0.05) is 6.07 Å². The minimum Gasteiger partial charge on any atom is -0.497 e. The Morgan fingerprint density at radius 1 is 1.12 bits per heavy atom. The molecule has 134 valence electrons. The van der Waals surface area contributed by atoms with Crippen molar-refractivity contribution in [2.24, 2.45) is 5.10 Å². The summed E-state index contributed by atoms with van der Waals surface area (Å²) in [6.45, 7) is 1.82. The molecule has 0 saturated heterocycles. The summed E-state index contributed by atoms with van der Waals surface area (Å²) in [5.74, 6) is 0.751. The molecule has 0 aliphatic heterocycles. The number of nitrogens with zero attached hydrogens (tertiary/aromatic N) is 3. The highest BCUT2D eigenvalue weighted by molar-refractivity contribution is 5.85. The lowest BCUT2D eigenvalue weighted by atomic mass is 10.1. The average molecular weight is 356 g/mol. The first-order valence-electron chi connectivity index (χ1n) is 7.45. The van der Waals surface area contributed by atoms with Crippen molar-refractivity contribution >= 4 is 29.4 Å². The van der Waals surface area contributed by atoms with E-state index in [0.717, 1.165) is 23.0 Å². The number of benzene rings is 2. The van der Waals surface area contributed by atoms with Gasteiger partial charge in [0.05, 0.1) is 29.2 Å². The van der Waals surface area contributed by atoms with Crippen molar-refractivity contribution in [2.45, 2.75) is 6.92 Å². The molecule has 0 unspecified atom stereocenters. The molecule has 0 aliphatic rings. The second kappa shape index (κ2) is 8.38. The first-order chi connectivity index (χ1) is 12.4. The zero-order valence-corrected chi connectivity index (χ0v) is 14.1. The van der Waals surface area contributed by atoms with Crippen LogP contribution in [0.1, 0.15) is 12.5 Å². The lowest BCUT2D eigenvalue weighted by Crippen LogP contribution is -1.98. The molecule has 2 aromatic rings. The average Bonchev–Trinajstić information content (AvgIpc) is 2.62. The zero-order chi connectivity index (χ0) is 19.1. The van der Waals surface area contributed by atoms with Crippen molar-refractivity contribution in [3.63, 3.8) is 0 Å². The number of hydrogen-bond donors (Lipinski definition) is 1. The predicted octanol–water partition coefficient (Wildman–Crippen LogP) is 4.01. The SMILES string of the molecule is COc1ccc(/C=C(C)/C=N/Nc2ccc([N+](=O)[O-])cc2[N+](=O)[O-])cc1. The van der Waals surface area contributed by atoms with Crippen LogP contribution in [0, 0.1) is 20.2 Å². The molecule has 9 heteroatoms. The van der Waals surface area contributed by atoms with Gasteiger partial charge >= 0.3 is 5.69 Å². The fourth-order valence-electron chi connectivity index (χ4n) is 2.08. The van der Waals surface area contributed by atoms with Crippen LogP contribution in [0.5, 0.6) is 5.75 Å². The highest BCUT2D eigenvalue weighted by atomic mass is 16.6. The van der Waals surface area contributed by atoms with Gasteiger partial charge < -0.3 is 4.74 Å². The van der Waals surface area contributed by atoms with Gasteiger partial charge in [0.25, 0.3) is 5.69 Å². The molecule has 0 heterocycles. The number of nitrogens with one attached hydrogen (secondary N) is 1. The summed E-state index contributed by atoms with van der Waals surface area (Å²) in [5, 5.41) is 25.7. The van der Waals surface area contributed by atoms with Gasteiger partial charge in [0.15, 0.2) is 0 Å². The van der Waals surface area contributed by atoms with Gasteiger partial charge in [0.1, 0.15) is 11.4 Å². The number of methoxy groups -OCH3 is 1. The van der Waals surface area contributed by atoms with Crippen LogP contribution < -0.4 is 10.2 Å². The molecule has 2 rings (SSSR count). The second-order valence-corrected chi connectivity index (χ2v) is 5.25. The fourth-order valence-corrected chi connectivity index (χ4v) is 2.08. The van der Waals surface area contributed by atoms with Crippen molar-refractivity contribution < 1.29 is 14.6 Å². The van der Waals surface area contributed by atoms with Gasteiger partial charge in [-0.3, -0.25) is 25.7 Å². The largest absolute Gasteiger partial charge is 0.497 e. The third-order valence-corrected chi connectivity index (χ3v) is 3.35. The number of rotatable bonds is 7. The van der Waals surface area contributed by atoms with E-state index in [-0.39, 0.29) is 11.4 Å². The molecule has 0 saturated carbocycles. The van der Waals surface area contributed by atoms with E-state index in [1.54, 1.807) is 7.11 Å².